The van der Waals surface area contributed by atoms with Crippen molar-refractivity contribution in [2.45, 2.75) is 0 Å². The number of carbonyl (C=O) groups is 2. The lowest BCUT2D eigenvalue weighted by Gasteiger charge is -2.20. The molecule has 0 unspecified atom stereocenters. The number of hydrogen-bond donors (Lipinski definition) is 0. The van der Waals surface area contributed by atoms with Crippen molar-refractivity contribution in [1.82, 2.24) is 0 Å². The van der Waals surface area contributed by atoms with E-state index in [0.29, 0.717) is 5.69 Å². The number of rotatable bonds is 5. The molecule has 1 aromatic carbocycles. The second kappa shape index (κ2) is 6.69. The second-order valence-electron chi connectivity index (χ2n) is 3.46. The summed E-state index contributed by atoms with van der Waals surface area (Å²) < 4.78 is 4.47. The molecule has 0 N–H and O–H groups in total. The molecule has 0 aliphatic carbocycles. The summed E-state index contributed by atoms with van der Waals surface area (Å²) in [7, 11) is 1.20. The van der Waals surface area contributed by atoms with Crippen LogP contribution in [0.5, 0.6) is 0 Å². The summed E-state index contributed by atoms with van der Waals surface area (Å²) in [5.74, 6) is -1.42. The lowest BCUT2D eigenvalue weighted by Crippen LogP contribution is -2.37. The first kappa shape index (κ1) is 14.9. The molecule has 19 heavy (non-hydrogen) atoms. The molecule has 0 saturated heterocycles. The summed E-state index contributed by atoms with van der Waals surface area (Å²) in [5.41, 5.74) is 0.224. The summed E-state index contributed by atoms with van der Waals surface area (Å²) in [5, 5.41) is 10.5. The van der Waals surface area contributed by atoms with Gasteiger partial charge in [0.2, 0.25) is 5.91 Å². The Labute approximate surface area is 113 Å². The highest BCUT2D eigenvalue weighted by molar-refractivity contribution is 6.29. The maximum absolute atomic E-state index is 11.6. The molecular weight excluding hydrogens is 276 g/mol. The number of benzene rings is 1. The van der Waals surface area contributed by atoms with Crippen LogP contribution in [0.15, 0.2) is 24.3 Å². The number of carbonyl (C=O) groups excluding carboxylic acids is 2. The van der Waals surface area contributed by atoms with E-state index in [-0.39, 0.29) is 18.1 Å². The van der Waals surface area contributed by atoms with Gasteiger partial charge in [-0.05, 0) is 12.1 Å². The molecular formula is C11H11ClN2O5. The Morgan fingerprint density at radius 3 is 2.37 bits per heavy atom. The fraction of sp³-hybridized carbons (Fsp3) is 0.273. The third-order valence-electron chi connectivity index (χ3n) is 2.30. The minimum absolute atomic E-state index is 0.111. The number of hydrogen-bond acceptors (Lipinski definition) is 5. The minimum atomic E-state index is -0.614. The van der Waals surface area contributed by atoms with Crippen LogP contribution in [0.2, 0.25) is 0 Å². The van der Waals surface area contributed by atoms with Crippen LogP contribution in [0.3, 0.4) is 0 Å². The molecule has 7 nitrogen and oxygen atoms in total. The summed E-state index contributed by atoms with van der Waals surface area (Å²) >= 11 is 5.45. The van der Waals surface area contributed by atoms with Gasteiger partial charge in [0.25, 0.3) is 5.69 Å². The first-order valence-electron chi connectivity index (χ1n) is 5.17. The van der Waals surface area contributed by atoms with E-state index in [4.69, 9.17) is 11.6 Å². The van der Waals surface area contributed by atoms with Crippen LogP contribution >= 0.6 is 11.6 Å². The number of nitro benzene ring substituents is 1. The predicted molar refractivity (Wildman–Crippen MR) is 68.2 cm³/mol. The van der Waals surface area contributed by atoms with Gasteiger partial charge < -0.3 is 9.64 Å². The fourth-order valence-corrected chi connectivity index (χ4v) is 1.49. The quantitative estimate of drug-likeness (QED) is 0.353. The molecule has 0 aliphatic heterocycles. The highest BCUT2D eigenvalue weighted by Crippen LogP contribution is 2.19. The molecule has 0 aliphatic rings. The highest BCUT2D eigenvalue weighted by atomic mass is 35.5. The number of amides is 1. The molecule has 0 heterocycles. The van der Waals surface area contributed by atoms with Gasteiger partial charge in [0.1, 0.15) is 12.4 Å². The molecule has 0 spiro atoms. The molecule has 0 bridgehead atoms. The lowest BCUT2D eigenvalue weighted by atomic mass is 10.2. The van der Waals surface area contributed by atoms with Crippen molar-refractivity contribution in [3.05, 3.63) is 34.4 Å². The number of nitro groups is 1. The summed E-state index contributed by atoms with van der Waals surface area (Å²) in [6.07, 6.45) is 0. The number of halogens is 1. The van der Waals surface area contributed by atoms with E-state index in [2.05, 4.69) is 4.74 Å². The number of methoxy groups -OCH3 is 1. The second-order valence-corrected chi connectivity index (χ2v) is 3.73. The number of anilines is 1. The zero-order valence-corrected chi connectivity index (χ0v) is 10.8. The lowest BCUT2D eigenvalue weighted by molar-refractivity contribution is -0.384. The maximum atomic E-state index is 11.6. The van der Waals surface area contributed by atoms with E-state index in [1.165, 1.54) is 31.4 Å². The van der Waals surface area contributed by atoms with Crippen LogP contribution in [0.25, 0.3) is 0 Å². The Kier molecular flexibility index (Phi) is 5.25. The van der Waals surface area contributed by atoms with E-state index in [1.54, 1.807) is 0 Å². The molecule has 0 radical (unpaired) electrons. The highest BCUT2D eigenvalue weighted by Gasteiger charge is 2.19. The zero-order valence-electron chi connectivity index (χ0n) is 10.0. The number of alkyl halides is 1. The Morgan fingerprint density at radius 2 is 1.95 bits per heavy atom. The van der Waals surface area contributed by atoms with E-state index in [0.717, 1.165) is 4.90 Å². The summed E-state index contributed by atoms with van der Waals surface area (Å²) in [4.78, 5) is 33.9. The van der Waals surface area contributed by atoms with Gasteiger partial charge in [-0.3, -0.25) is 19.7 Å². The van der Waals surface area contributed by atoms with Crippen LogP contribution in [-0.2, 0) is 14.3 Å². The molecule has 8 heteroatoms. The summed E-state index contributed by atoms with van der Waals surface area (Å²) in [6.45, 7) is -0.306. The van der Waals surface area contributed by atoms with E-state index < -0.39 is 16.8 Å². The van der Waals surface area contributed by atoms with Crippen molar-refractivity contribution in [1.29, 1.82) is 0 Å². The van der Waals surface area contributed by atoms with Gasteiger partial charge >= 0.3 is 5.97 Å². The average molecular weight is 287 g/mol. The van der Waals surface area contributed by atoms with Gasteiger partial charge in [0.15, 0.2) is 0 Å². The van der Waals surface area contributed by atoms with E-state index >= 15 is 0 Å². The van der Waals surface area contributed by atoms with Crippen molar-refractivity contribution < 1.29 is 19.2 Å². The Bertz CT molecular complexity index is 488. The third kappa shape index (κ3) is 3.92. The van der Waals surface area contributed by atoms with Crippen molar-refractivity contribution >= 4 is 34.9 Å². The Morgan fingerprint density at radius 1 is 1.37 bits per heavy atom. The van der Waals surface area contributed by atoms with Gasteiger partial charge in [0, 0.05) is 17.8 Å². The number of esters is 1. The van der Waals surface area contributed by atoms with Crippen LogP contribution in [-0.4, -0.2) is 36.3 Å². The molecule has 0 aromatic heterocycles. The molecule has 1 amide bonds. The van der Waals surface area contributed by atoms with Gasteiger partial charge in [-0.15, -0.1) is 11.6 Å². The van der Waals surface area contributed by atoms with Gasteiger partial charge in [-0.25, -0.2) is 0 Å². The first-order valence-corrected chi connectivity index (χ1v) is 5.70. The van der Waals surface area contributed by atoms with E-state index in [9.17, 15) is 19.7 Å². The zero-order chi connectivity index (χ0) is 14.4. The van der Waals surface area contributed by atoms with Gasteiger partial charge in [-0.1, -0.05) is 0 Å². The minimum Gasteiger partial charge on any atom is -0.468 e. The largest absolute Gasteiger partial charge is 0.468 e. The van der Waals surface area contributed by atoms with Crippen molar-refractivity contribution in [2.24, 2.45) is 0 Å². The van der Waals surface area contributed by atoms with Crippen molar-refractivity contribution in [3.8, 4) is 0 Å². The van der Waals surface area contributed by atoms with Crippen LogP contribution in [0.4, 0.5) is 11.4 Å². The number of ether oxygens (including phenoxy) is 1. The van der Waals surface area contributed by atoms with Crippen LogP contribution in [0, 0.1) is 10.1 Å². The molecule has 1 aromatic rings. The van der Waals surface area contributed by atoms with Gasteiger partial charge in [0.05, 0.1) is 12.0 Å². The van der Waals surface area contributed by atoms with Crippen LogP contribution in [0.1, 0.15) is 0 Å². The summed E-state index contributed by atoms with van der Waals surface area (Å²) in [6, 6.07) is 5.21. The molecule has 0 saturated carbocycles. The topological polar surface area (TPSA) is 89.8 Å². The monoisotopic (exact) mass is 286 g/mol. The standard InChI is InChI=1S/C11H11ClN2O5/c1-19-11(16)7-13(10(15)6-12)8-2-4-9(5-3-8)14(17)18/h2-5H,6-7H2,1H3. The predicted octanol–water partition coefficient (Wildman–Crippen LogP) is 1.34. The molecule has 0 atom stereocenters. The smallest absolute Gasteiger partial charge is 0.325 e. The van der Waals surface area contributed by atoms with Gasteiger partial charge in [-0.2, -0.15) is 0 Å². The number of nitrogens with zero attached hydrogens (tertiary/aromatic N) is 2. The van der Waals surface area contributed by atoms with Crippen LogP contribution < -0.4 is 4.90 Å². The molecule has 0 fully saturated rings. The fourth-order valence-electron chi connectivity index (χ4n) is 1.34. The molecule has 1 rings (SSSR count). The Hall–Kier alpha value is -2.15. The van der Waals surface area contributed by atoms with Crippen molar-refractivity contribution in [2.75, 3.05) is 24.4 Å². The van der Waals surface area contributed by atoms with Crippen molar-refractivity contribution in [3.63, 3.8) is 0 Å². The maximum Gasteiger partial charge on any atom is 0.325 e. The third-order valence-corrected chi connectivity index (χ3v) is 2.53. The SMILES string of the molecule is COC(=O)CN(C(=O)CCl)c1ccc([N+](=O)[O-])cc1. The van der Waals surface area contributed by atoms with E-state index in [1.807, 2.05) is 0 Å². The Balaban J connectivity index is 3.00. The average Bonchev–Trinajstić information content (AvgIpc) is 2.43. The molecule has 102 valence electrons. The first-order chi connectivity index (χ1) is 8.99. The number of non-ortho nitro benzene ring substituents is 1. The normalized spacial score (nSPS) is 9.79.